The molecule has 144 valence electrons. The minimum atomic E-state index is -0.443. The van der Waals surface area contributed by atoms with E-state index in [-0.39, 0.29) is 12.0 Å². The second kappa shape index (κ2) is 9.81. The molecule has 0 fully saturated rings. The zero-order valence-electron chi connectivity index (χ0n) is 16.4. The van der Waals surface area contributed by atoms with E-state index in [1.165, 1.54) is 11.1 Å². The highest BCUT2D eigenvalue weighted by atomic mass is 16.6. The van der Waals surface area contributed by atoms with Gasteiger partial charge in [-0.1, -0.05) is 51.6 Å². The zero-order valence-corrected chi connectivity index (χ0v) is 16.4. The molecule has 4 heteroatoms. The van der Waals surface area contributed by atoms with Crippen molar-refractivity contribution < 1.29 is 19.0 Å². The van der Waals surface area contributed by atoms with E-state index >= 15 is 0 Å². The van der Waals surface area contributed by atoms with Gasteiger partial charge in [-0.25, -0.2) is 4.79 Å². The molecule has 0 aromatic heterocycles. The number of benzene rings is 2. The highest BCUT2D eigenvalue weighted by molar-refractivity contribution is 5.81. The summed E-state index contributed by atoms with van der Waals surface area (Å²) in [4.78, 5) is 11.0. The molecule has 0 bridgehead atoms. The fraction of sp³-hybridized carbons (Fsp3) is 0.348. The van der Waals surface area contributed by atoms with Crippen LogP contribution >= 0.6 is 0 Å². The van der Waals surface area contributed by atoms with Gasteiger partial charge in [-0.05, 0) is 41.8 Å². The summed E-state index contributed by atoms with van der Waals surface area (Å²) in [5.41, 5.74) is 2.27. The van der Waals surface area contributed by atoms with E-state index < -0.39 is 5.97 Å². The number of hydrogen-bond donors (Lipinski definition) is 0. The third kappa shape index (κ3) is 5.88. The van der Waals surface area contributed by atoms with Crippen molar-refractivity contribution in [1.29, 1.82) is 0 Å². The summed E-state index contributed by atoms with van der Waals surface area (Å²) in [5, 5.41) is 0. The minimum absolute atomic E-state index is 0.138. The Labute approximate surface area is 161 Å². The molecule has 0 aliphatic carbocycles. The first-order valence-electron chi connectivity index (χ1n) is 9.23. The van der Waals surface area contributed by atoms with E-state index in [2.05, 4.69) is 51.6 Å². The molecule has 2 aromatic rings. The molecule has 0 amide bonds. The molecular formula is C23H28O4. The van der Waals surface area contributed by atoms with Crippen molar-refractivity contribution in [3.8, 4) is 11.5 Å². The molecule has 2 aromatic carbocycles. The Morgan fingerprint density at radius 1 is 0.889 bits per heavy atom. The van der Waals surface area contributed by atoms with Gasteiger partial charge in [-0.2, -0.15) is 0 Å². The summed E-state index contributed by atoms with van der Waals surface area (Å²) in [7, 11) is 0. The third-order valence-corrected chi connectivity index (χ3v) is 4.39. The smallest absolute Gasteiger partial charge is 0.330 e. The molecule has 0 N–H and O–H groups in total. The average molecular weight is 368 g/mol. The van der Waals surface area contributed by atoms with Gasteiger partial charge in [0.2, 0.25) is 0 Å². The zero-order chi connectivity index (χ0) is 19.7. The first-order chi connectivity index (χ1) is 13.0. The highest BCUT2D eigenvalue weighted by Crippen LogP contribution is 2.33. The summed E-state index contributed by atoms with van der Waals surface area (Å²) in [6.45, 7) is 11.1. The van der Waals surface area contributed by atoms with Crippen LogP contribution in [-0.2, 0) is 14.9 Å². The summed E-state index contributed by atoms with van der Waals surface area (Å²) in [6, 6.07) is 16.3. The van der Waals surface area contributed by atoms with Crippen LogP contribution < -0.4 is 9.47 Å². The van der Waals surface area contributed by atoms with Gasteiger partial charge in [0, 0.05) is 11.5 Å². The predicted molar refractivity (Wildman–Crippen MR) is 107 cm³/mol. The van der Waals surface area contributed by atoms with Gasteiger partial charge < -0.3 is 14.2 Å². The number of carbonyl (C=O) groups is 1. The topological polar surface area (TPSA) is 44.8 Å². The predicted octanol–water partition coefficient (Wildman–Crippen LogP) is 4.91. The van der Waals surface area contributed by atoms with Crippen molar-refractivity contribution in [2.75, 3.05) is 19.8 Å². The second-order valence-corrected chi connectivity index (χ2v) is 6.74. The Balaban J connectivity index is 1.97. The molecule has 0 spiro atoms. The van der Waals surface area contributed by atoms with Crippen LogP contribution in [0.15, 0.2) is 61.2 Å². The Kier molecular flexibility index (Phi) is 7.47. The lowest BCUT2D eigenvalue weighted by Crippen LogP contribution is -2.18. The van der Waals surface area contributed by atoms with Crippen molar-refractivity contribution in [3.63, 3.8) is 0 Å². The van der Waals surface area contributed by atoms with Crippen LogP contribution in [0.3, 0.4) is 0 Å². The van der Waals surface area contributed by atoms with Gasteiger partial charge in [0.1, 0.15) is 24.7 Å². The van der Waals surface area contributed by atoms with Crippen LogP contribution in [0.4, 0.5) is 0 Å². The summed E-state index contributed by atoms with van der Waals surface area (Å²) in [6.07, 6.45) is 2.14. The number of esters is 1. The van der Waals surface area contributed by atoms with Crippen molar-refractivity contribution in [1.82, 2.24) is 0 Å². The van der Waals surface area contributed by atoms with Crippen LogP contribution in [0.2, 0.25) is 0 Å². The fourth-order valence-electron chi connectivity index (χ4n) is 2.68. The standard InChI is InChI=1S/C23H28O4/c1-5-15-25-20-11-7-18(8-12-20)23(3,4)19-9-13-21(14-10-19)26-16-17-27-22(24)6-2/h6-14H,2,5,15-17H2,1,3-4H3. The minimum Gasteiger partial charge on any atom is -0.494 e. The maximum Gasteiger partial charge on any atom is 0.330 e. The van der Waals surface area contributed by atoms with Crippen molar-refractivity contribution in [2.45, 2.75) is 32.6 Å². The van der Waals surface area contributed by atoms with Crippen molar-refractivity contribution in [2.24, 2.45) is 0 Å². The molecule has 0 heterocycles. The average Bonchev–Trinajstić information content (AvgIpc) is 2.70. The Hall–Kier alpha value is -2.75. The molecule has 0 saturated carbocycles. The summed E-state index contributed by atoms with van der Waals surface area (Å²) in [5.74, 6) is 1.20. The van der Waals surface area contributed by atoms with Crippen molar-refractivity contribution >= 4 is 5.97 Å². The van der Waals surface area contributed by atoms with E-state index in [1.54, 1.807) is 0 Å². The lowest BCUT2D eigenvalue weighted by atomic mass is 9.78. The molecule has 0 unspecified atom stereocenters. The van der Waals surface area contributed by atoms with Crippen LogP contribution in [-0.4, -0.2) is 25.8 Å². The fourth-order valence-corrected chi connectivity index (χ4v) is 2.68. The van der Waals surface area contributed by atoms with Crippen LogP contribution in [0.5, 0.6) is 11.5 Å². The molecule has 0 saturated heterocycles. The lowest BCUT2D eigenvalue weighted by Gasteiger charge is -2.26. The van der Waals surface area contributed by atoms with Gasteiger partial charge in [0.25, 0.3) is 0 Å². The van der Waals surface area contributed by atoms with Crippen LogP contribution in [0, 0.1) is 0 Å². The Morgan fingerprint density at radius 2 is 1.37 bits per heavy atom. The van der Waals surface area contributed by atoms with Crippen molar-refractivity contribution in [3.05, 3.63) is 72.3 Å². The molecule has 2 rings (SSSR count). The van der Waals surface area contributed by atoms with Gasteiger partial charge in [-0.3, -0.25) is 0 Å². The molecular weight excluding hydrogens is 340 g/mol. The van der Waals surface area contributed by atoms with Gasteiger partial charge >= 0.3 is 5.97 Å². The number of hydrogen-bond acceptors (Lipinski definition) is 4. The maximum atomic E-state index is 11.0. The Morgan fingerprint density at radius 3 is 1.81 bits per heavy atom. The number of rotatable bonds is 10. The first kappa shape index (κ1) is 20.6. The molecule has 0 aliphatic rings. The van der Waals surface area contributed by atoms with E-state index in [0.29, 0.717) is 6.61 Å². The third-order valence-electron chi connectivity index (χ3n) is 4.39. The molecule has 0 atom stereocenters. The molecule has 4 nitrogen and oxygen atoms in total. The first-order valence-corrected chi connectivity index (χ1v) is 9.23. The highest BCUT2D eigenvalue weighted by Gasteiger charge is 2.23. The van der Waals surface area contributed by atoms with E-state index in [0.717, 1.165) is 30.6 Å². The molecule has 0 aliphatic heterocycles. The summed E-state index contributed by atoms with van der Waals surface area (Å²) < 4.78 is 16.1. The quantitative estimate of drug-likeness (QED) is 0.340. The molecule has 27 heavy (non-hydrogen) atoms. The van der Waals surface area contributed by atoms with E-state index in [4.69, 9.17) is 14.2 Å². The molecule has 0 radical (unpaired) electrons. The van der Waals surface area contributed by atoms with Crippen LogP contribution in [0.25, 0.3) is 0 Å². The van der Waals surface area contributed by atoms with E-state index in [9.17, 15) is 4.79 Å². The maximum absolute atomic E-state index is 11.0. The van der Waals surface area contributed by atoms with Gasteiger partial charge in [-0.15, -0.1) is 0 Å². The largest absolute Gasteiger partial charge is 0.494 e. The van der Waals surface area contributed by atoms with Gasteiger partial charge in [0.05, 0.1) is 6.61 Å². The number of carbonyl (C=O) groups excluding carboxylic acids is 1. The summed E-state index contributed by atoms with van der Waals surface area (Å²) >= 11 is 0. The normalized spacial score (nSPS) is 10.9. The van der Waals surface area contributed by atoms with Crippen LogP contribution in [0.1, 0.15) is 38.3 Å². The Bertz CT molecular complexity index is 730. The van der Waals surface area contributed by atoms with Gasteiger partial charge in [0.15, 0.2) is 0 Å². The second-order valence-electron chi connectivity index (χ2n) is 6.74. The SMILES string of the molecule is C=CC(=O)OCCOc1ccc(C(C)(C)c2ccc(OCCC)cc2)cc1. The lowest BCUT2D eigenvalue weighted by molar-refractivity contribution is -0.138. The van der Waals surface area contributed by atoms with E-state index in [1.807, 2.05) is 24.3 Å². The number of ether oxygens (including phenoxy) is 3. The monoisotopic (exact) mass is 368 g/mol.